The molecule has 0 bridgehead atoms. The Morgan fingerprint density at radius 3 is 2.82 bits per heavy atom. The van der Waals surface area contributed by atoms with Crippen LogP contribution in [0.5, 0.6) is 0 Å². The van der Waals surface area contributed by atoms with Gasteiger partial charge in [-0.05, 0) is 54.5 Å². The molecule has 3 aliphatic heterocycles. The zero-order valence-corrected chi connectivity index (χ0v) is 22.2. The SMILES string of the molecule is CSCC[C@H](NC(=O)[C@@H]1Cc2c([nH]c3ccccc23)[C@H]2c3ccccc3C(=O)N21)C(=O)NC[C@@H]1CCCO1. The number of H-pyrrole nitrogens is 1. The highest BCUT2D eigenvalue weighted by Gasteiger charge is 2.49. The number of para-hydroxylation sites is 1. The van der Waals surface area contributed by atoms with E-state index in [9.17, 15) is 14.4 Å². The largest absolute Gasteiger partial charge is 0.376 e. The number of aromatic amines is 1. The Morgan fingerprint density at radius 2 is 2.00 bits per heavy atom. The molecule has 4 atom stereocenters. The number of fused-ring (bicyclic) bond motifs is 7. The summed E-state index contributed by atoms with van der Waals surface area (Å²) in [6.07, 6.45) is 4.82. The van der Waals surface area contributed by atoms with Crippen molar-refractivity contribution >= 4 is 40.4 Å². The second-order valence-corrected chi connectivity index (χ2v) is 11.2. The molecular formula is C29H32N4O4S. The number of hydrogen-bond acceptors (Lipinski definition) is 5. The van der Waals surface area contributed by atoms with Crippen LogP contribution < -0.4 is 10.6 Å². The minimum Gasteiger partial charge on any atom is -0.376 e. The molecule has 38 heavy (non-hydrogen) atoms. The van der Waals surface area contributed by atoms with Crippen molar-refractivity contribution in [3.63, 3.8) is 0 Å². The van der Waals surface area contributed by atoms with Gasteiger partial charge >= 0.3 is 0 Å². The van der Waals surface area contributed by atoms with Crippen LogP contribution >= 0.6 is 11.8 Å². The van der Waals surface area contributed by atoms with E-state index in [1.807, 2.05) is 48.7 Å². The Kier molecular flexibility index (Phi) is 6.88. The van der Waals surface area contributed by atoms with Gasteiger partial charge < -0.3 is 25.3 Å². The molecule has 8 nitrogen and oxygen atoms in total. The number of carbonyl (C=O) groups is 3. The Labute approximate surface area is 225 Å². The minimum absolute atomic E-state index is 0.0240. The van der Waals surface area contributed by atoms with Gasteiger partial charge in [-0.2, -0.15) is 11.8 Å². The van der Waals surface area contributed by atoms with Gasteiger partial charge in [0.1, 0.15) is 12.1 Å². The van der Waals surface area contributed by atoms with Crippen LogP contribution in [0.3, 0.4) is 0 Å². The number of benzene rings is 2. The molecular weight excluding hydrogens is 500 g/mol. The third kappa shape index (κ3) is 4.37. The van der Waals surface area contributed by atoms with Crippen molar-refractivity contribution in [3.8, 4) is 0 Å². The standard InChI is InChI=1S/C29H32N4O4S/c1-38-14-12-23(27(34)30-16-17-7-6-13-37-17)32-28(35)24-15-21-18-8-4-5-11-22(18)31-25(21)26-19-9-2-3-10-20(19)29(36)33(24)26/h2-5,8-11,17,23-24,26,31H,6-7,12-16H2,1H3,(H,30,34)(H,32,35)/t17-,23-,24-,26+/m0/s1. The Bertz CT molecular complexity index is 1380. The molecule has 0 radical (unpaired) electrons. The zero-order chi connectivity index (χ0) is 26.2. The molecule has 198 valence electrons. The van der Waals surface area contributed by atoms with Gasteiger partial charge in [-0.15, -0.1) is 0 Å². The number of ether oxygens (including phenoxy) is 1. The van der Waals surface area contributed by atoms with Crippen LogP contribution in [0.4, 0.5) is 0 Å². The summed E-state index contributed by atoms with van der Waals surface area (Å²) in [5.74, 6) is 0.0646. The van der Waals surface area contributed by atoms with Gasteiger partial charge in [-0.25, -0.2) is 0 Å². The van der Waals surface area contributed by atoms with Crippen molar-refractivity contribution in [2.24, 2.45) is 0 Å². The molecule has 3 aliphatic rings. The molecule has 3 N–H and O–H groups in total. The van der Waals surface area contributed by atoms with E-state index in [0.29, 0.717) is 24.9 Å². The summed E-state index contributed by atoms with van der Waals surface area (Å²) in [5.41, 5.74) is 4.52. The van der Waals surface area contributed by atoms with E-state index in [2.05, 4.69) is 21.7 Å². The number of aromatic nitrogens is 1. The predicted octanol–water partition coefficient (Wildman–Crippen LogP) is 3.17. The molecule has 1 fully saturated rings. The van der Waals surface area contributed by atoms with Crippen LogP contribution in [0.2, 0.25) is 0 Å². The average molecular weight is 533 g/mol. The Hall–Kier alpha value is -3.30. The summed E-state index contributed by atoms with van der Waals surface area (Å²) in [7, 11) is 0. The van der Waals surface area contributed by atoms with E-state index in [-0.39, 0.29) is 29.9 Å². The first kappa shape index (κ1) is 25.0. The molecule has 0 unspecified atom stereocenters. The number of rotatable bonds is 8. The molecule has 3 amide bonds. The van der Waals surface area contributed by atoms with E-state index in [1.54, 1.807) is 16.7 Å². The van der Waals surface area contributed by atoms with E-state index in [0.717, 1.165) is 52.9 Å². The summed E-state index contributed by atoms with van der Waals surface area (Å²) < 4.78 is 5.64. The highest BCUT2D eigenvalue weighted by molar-refractivity contribution is 7.98. The van der Waals surface area contributed by atoms with E-state index < -0.39 is 12.1 Å². The zero-order valence-electron chi connectivity index (χ0n) is 21.4. The Morgan fingerprint density at radius 1 is 1.18 bits per heavy atom. The van der Waals surface area contributed by atoms with Crippen LogP contribution in [0.15, 0.2) is 48.5 Å². The summed E-state index contributed by atoms with van der Waals surface area (Å²) in [5, 5.41) is 7.05. The molecule has 6 rings (SSSR count). The third-order valence-corrected chi connectivity index (χ3v) is 8.57. The average Bonchev–Trinajstić information content (AvgIpc) is 3.66. The quantitative estimate of drug-likeness (QED) is 0.414. The lowest BCUT2D eigenvalue weighted by Crippen LogP contribution is -2.57. The third-order valence-electron chi connectivity index (χ3n) is 7.93. The number of thioether (sulfide) groups is 1. The van der Waals surface area contributed by atoms with Gasteiger partial charge in [-0.1, -0.05) is 36.4 Å². The van der Waals surface area contributed by atoms with Gasteiger partial charge in [0.25, 0.3) is 5.91 Å². The summed E-state index contributed by atoms with van der Waals surface area (Å²) in [4.78, 5) is 46.0. The minimum atomic E-state index is -0.727. The molecule has 9 heteroatoms. The number of hydrogen-bond donors (Lipinski definition) is 3. The van der Waals surface area contributed by atoms with Crippen molar-refractivity contribution in [1.29, 1.82) is 0 Å². The highest BCUT2D eigenvalue weighted by Crippen LogP contribution is 2.46. The van der Waals surface area contributed by atoms with Gasteiger partial charge in [-0.3, -0.25) is 14.4 Å². The van der Waals surface area contributed by atoms with Crippen molar-refractivity contribution in [1.82, 2.24) is 20.5 Å². The van der Waals surface area contributed by atoms with Crippen LogP contribution in [-0.2, 0) is 20.7 Å². The topological polar surface area (TPSA) is 104 Å². The van der Waals surface area contributed by atoms with E-state index >= 15 is 0 Å². The van der Waals surface area contributed by atoms with E-state index in [4.69, 9.17) is 4.74 Å². The maximum absolute atomic E-state index is 13.9. The summed E-state index contributed by atoms with van der Waals surface area (Å²) in [6, 6.07) is 13.8. The van der Waals surface area contributed by atoms with E-state index in [1.165, 1.54) is 0 Å². The van der Waals surface area contributed by atoms with Crippen molar-refractivity contribution in [2.75, 3.05) is 25.2 Å². The normalized spacial score (nSPS) is 22.6. The van der Waals surface area contributed by atoms with Crippen LogP contribution in [-0.4, -0.2) is 71.0 Å². The number of carbonyl (C=O) groups excluding carboxylic acids is 3. The molecule has 3 aromatic rings. The molecule has 1 aromatic heterocycles. The van der Waals surface area contributed by atoms with Gasteiger partial charge in [0, 0.05) is 41.7 Å². The molecule has 4 heterocycles. The fraction of sp³-hybridized carbons (Fsp3) is 0.414. The van der Waals surface area contributed by atoms with Crippen LogP contribution in [0, 0.1) is 0 Å². The molecule has 0 aliphatic carbocycles. The second-order valence-electron chi connectivity index (χ2n) is 10.2. The fourth-order valence-corrected chi connectivity index (χ4v) is 6.52. The second kappa shape index (κ2) is 10.5. The molecule has 0 saturated carbocycles. The van der Waals surface area contributed by atoms with Gasteiger partial charge in [0.2, 0.25) is 11.8 Å². The van der Waals surface area contributed by atoms with Crippen molar-refractivity contribution in [3.05, 3.63) is 70.9 Å². The molecule has 1 saturated heterocycles. The van der Waals surface area contributed by atoms with Crippen molar-refractivity contribution in [2.45, 2.75) is 49.9 Å². The summed E-state index contributed by atoms with van der Waals surface area (Å²) in [6.45, 7) is 1.16. The number of nitrogens with one attached hydrogen (secondary N) is 3. The number of nitrogens with zero attached hydrogens (tertiary/aromatic N) is 1. The Balaban J connectivity index is 1.30. The van der Waals surface area contributed by atoms with Crippen LogP contribution in [0.25, 0.3) is 10.9 Å². The predicted molar refractivity (Wildman–Crippen MR) is 147 cm³/mol. The monoisotopic (exact) mass is 532 g/mol. The lowest BCUT2D eigenvalue weighted by Gasteiger charge is -2.37. The maximum atomic E-state index is 13.9. The number of amides is 3. The first-order chi connectivity index (χ1) is 18.6. The van der Waals surface area contributed by atoms with Crippen LogP contribution in [0.1, 0.15) is 52.5 Å². The lowest BCUT2D eigenvalue weighted by molar-refractivity contribution is -0.132. The first-order valence-corrected chi connectivity index (χ1v) is 14.7. The highest BCUT2D eigenvalue weighted by atomic mass is 32.2. The fourth-order valence-electron chi connectivity index (χ4n) is 6.05. The summed E-state index contributed by atoms with van der Waals surface area (Å²) >= 11 is 1.63. The maximum Gasteiger partial charge on any atom is 0.255 e. The van der Waals surface area contributed by atoms with Gasteiger partial charge in [0.15, 0.2) is 0 Å². The van der Waals surface area contributed by atoms with Crippen molar-refractivity contribution < 1.29 is 19.1 Å². The molecule has 2 aromatic carbocycles. The smallest absolute Gasteiger partial charge is 0.255 e. The lowest BCUT2D eigenvalue weighted by atomic mass is 9.89. The first-order valence-electron chi connectivity index (χ1n) is 13.3. The molecule has 0 spiro atoms. The van der Waals surface area contributed by atoms with Gasteiger partial charge in [0.05, 0.1) is 12.1 Å².